The molecule has 0 spiro atoms. The van der Waals surface area contributed by atoms with Gasteiger partial charge >= 0.3 is 0 Å². The Bertz CT molecular complexity index is 894. The van der Waals surface area contributed by atoms with E-state index in [0.29, 0.717) is 19.1 Å². The van der Waals surface area contributed by atoms with Crippen LogP contribution in [0.3, 0.4) is 0 Å². The number of nitrogens with one attached hydrogen (secondary N) is 2. The highest BCUT2D eigenvalue weighted by atomic mass is 16.2. The first-order chi connectivity index (χ1) is 14.0. The highest BCUT2D eigenvalue weighted by Gasteiger charge is 2.20. The molecular formula is C22H28N4O3. The fourth-order valence-electron chi connectivity index (χ4n) is 3.55. The lowest BCUT2D eigenvalue weighted by molar-refractivity contribution is -0.121. The summed E-state index contributed by atoms with van der Waals surface area (Å²) < 4.78 is 1.27. The zero-order valence-electron chi connectivity index (χ0n) is 16.8. The molecule has 2 aromatic rings. The molecule has 1 aliphatic rings. The van der Waals surface area contributed by atoms with E-state index in [9.17, 15) is 14.4 Å². The molecule has 2 N–H and O–H groups in total. The van der Waals surface area contributed by atoms with E-state index in [0.717, 1.165) is 24.9 Å². The second-order valence-corrected chi connectivity index (χ2v) is 7.46. The Morgan fingerprint density at radius 2 is 1.86 bits per heavy atom. The van der Waals surface area contributed by atoms with Crippen LogP contribution in [-0.4, -0.2) is 47.5 Å². The molecule has 1 aromatic carbocycles. The van der Waals surface area contributed by atoms with Gasteiger partial charge in [0.1, 0.15) is 12.1 Å². The summed E-state index contributed by atoms with van der Waals surface area (Å²) in [5, 5.41) is 5.66. The number of nitrogens with zero attached hydrogens (tertiary/aromatic N) is 2. The molecule has 0 aliphatic carbocycles. The van der Waals surface area contributed by atoms with E-state index in [2.05, 4.69) is 22.6 Å². The highest BCUT2D eigenvalue weighted by molar-refractivity contribution is 5.93. The molecule has 7 heteroatoms. The van der Waals surface area contributed by atoms with Crippen LogP contribution in [0.15, 0.2) is 53.5 Å². The van der Waals surface area contributed by atoms with Crippen molar-refractivity contribution in [3.05, 3.63) is 70.1 Å². The van der Waals surface area contributed by atoms with Gasteiger partial charge in [-0.1, -0.05) is 36.8 Å². The van der Waals surface area contributed by atoms with Crippen molar-refractivity contribution >= 4 is 11.8 Å². The van der Waals surface area contributed by atoms with Crippen molar-refractivity contribution in [1.82, 2.24) is 20.1 Å². The lowest BCUT2D eigenvalue weighted by Gasteiger charge is -2.32. The maximum absolute atomic E-state index is 12.6. The Labute approximate surface area is 170 Å². The molecule has 2 amide bonds. The number of carbonyl (C=O) groups is 2. The molecule has 0 bridgehead atoms. The van der Waals surface area contributed by atoms with Crippen LogP contribution >= 0.6 is 0 Å². The van der Waals surface area contributed by atoms with E-state index in [-0.39, 0.29) is 18.0 Å². The van der Waals surface area contributed by atoms with Crippen LogP contribution in [0.4, 0.5) is 0 Å². The number of piperidine rings is 1. The Kier molecular flexibility index (Phi) is 7.19. The highest BCUT2D eigenvalue weighted by Crippen LogP contribution is 2.14. The van der Waals surface area contributed by atoms with Gasteiger partial charge in [0.2, 0.25) is 5.91 Å². The number of hydrogen-bond acceptors (Lipinski definition) is 4. The molecule has 0 saturated carbocycles. The molecule has 1 atom stereocenters. The molecule has 29 heavy (non-hydrogen) atoms. The van der Waals surface area contributed by atoms with Crippen molar-refractivity contribution in [3.63, 3.8) is 0 Å². The molecule has 7 nitrogen and oxygen atoms in total. The van der Waals surface area contributed by atoms with Crippen LogP contribution < -0.4 is 16.2 Å². The predicted octanol–water partition coefficient (Wildman–Crippen LogP) is 1.38. The quantitative estimate of drug-likeness (QED) is 0.741. The largest absolute Gasteiger partial charge is 0.350 e. The lowest BCUT2D eigenvalue weighted by atomic mass is 10.0. The summed E-state index contributed by atoms with van der Waals surface area (Å²) in [5.41, 5.74) is 0.577. The van der Waals surface area contributed by atoms with Gasteiger partial charge in [-0.05, 0) is 44.1 Å². The molecular weight excluding hydrogens is 368 g/mol. The van der Waals surface area contributed by atoms with Crippen molar-refractivity contribution in [1.29, 1.82) is 0 Å². The van der Waals surface area contributed by atoms with E-state index in [1.165, 1.54) is 23.3 Å². The number of aromatic nitrogens is 1. The molecule has 2 heterocycles. The number of hydrogen-bond donors (Lipinski definition) is 2. The van der Waals surface area contributed by atoms with Gasteiger partial charge in [-0.2, -0.15) is 0 Å². The standard InChI is InChI=1S/C22H28N4O3/c1-25-12-6-5-10-18(25)15-24-21(28)19-11-7-13-26(22(19)29)16-20(27)23-14-17-8-3-2-4-9-17/h2-4,7-9,11,13,18H,5-6,10,12,14-16H2,1H3,(H,23,27)(H,24,28)/t18-/m0/s1. The Morgan fingerprint density at radius 1 is 1.07 bits per heavy atom. The number of pyridine rings is 1. The third-order valence-corrected chi connectivity index (χ3v) is 5.33. The van der Waals surface area contributed by atoms with Crippen molar-refractivity contribution in [3.8, 4) is 0 Å². The molecule has 154 valence electrons. The molecule has 0 unspecified atom stereocenters. The fraction of sp³-hybridized carbons (Fsp3) is 0.409. The summed E-state index contributed by atoms with van der Waals surface area (Å²) in [5.74, 6) is -0.676. The molecule has 0 radical (unpaired) electrons. The minimum absolute atomic E-state index is 0.0572. The number of amides is 2. The van der Waals surface area contributed by atoms with Gasteiger partial charge in [-0.25, -0.2) is 0 Å². The number of likely N-dealkylation sites (N-methyl/N-ethyl adjacent to an activating group) is 1. The maximum atomic E-state index is 12.6. The smallest absolute Gasteiger partial charge is 0.263 e. The van der Waals surface area contributed by atoms with Crippen LogP contribution in [0.1, 0.15) is 35.2 Å². The third-order valence-electron chi connectivity index (χ3n) is 5.33. The SMILES string of the molecule is CN1CCCC[C@H]1CNC(=O)c1cccn(CC(=O)NCc2ccccc2)c1=O. The number of carbonyl (C=O) groups excluding carboxylic acids is 2. The van der Waals surface area contributed by atoms with Gasteiger partial charge in [-0.15, -0.1) is 0 Å². The Hall–Kier alpha value is -2.93. The summed E-state index contributed by atoms with van der Waals surface area (Å²) in [6.07, 6.45) is 4.89. The van der Waals surface area contributed by atoms with Crippen molar-refractivity contribution in [2.75, 3.05) is 20.1 Å². The maximum Gasteiger partial charge on any atom is 0.263 e. The van der Waals surface area contributed by atoms with Crippen molar-refractivity contribution in [2.24, 2.45) is 0 Å². The average Bonchev–Trinajstić information content (AvgIpc) is 2.74. The second-order valence-electron chi connectivity index (χ2n) is 7.46. The molecule has 1 fully saturated rings. The molecule has 1 aliphatic heterocycles. The lowest BCUT2D eigenvalue weighted by Crippen LogP contribution is -2.45. The van der Waals surface area contributed by atoms with Crippen LogP contribution in [-0.2, 0) is 17.9 Å². The Balaban J connectivity index is 1.57. The zero-order valence-corrected chi connectivity index (χ0v) is 16.8. The first-order valence-electron chi connectivity index (χ1n) is 10.0. The summed E-state index contributed by atoms with van der Waals surface area (Å²) >= 11 is 0. The summed E-state index contributed by atoms with van der Waals surface area (Å²) in [6, 6.07) is 13.0. The third kappa shape index (κ3) is 5.77. The van der Waals surface area contributed by atoms with Gasteiger partial charge in [0, 0.05) is 25.3 Å². The second kappa shape index (κ2) is 10.0. The molecule has 3 rings (SSSR count). The van der Waals surface area contributed by atoms with Gasteiger partial charge in [0.05, 0.1) is 0 Å². The Morgan fingerprint density at radius 3 is 2.62 bits per heavy atom. The minimum Gasteiger partial charge on any atom is -0.350 e. The number of rotatable bonds is 7. The van der Waals surface area contributed by atoms with Crippen LogP contribution in [0, 0.1) is 0 Å². The van der Waals surface area contributed by atoms with Gasteiger partial charge in [0.15, 0.2) is 0 Å². The van der Waals surface area contributed by atoms with E-state index in [1.807, 2.05) is 30.3 Å². The molecule has 1 saturated heterocycles. The van der Waals surface area contributed by atoms with Gasteiger partial charge in [-0.3, -0.25) is 14.4 Å². The van der Waals surface area contributed by atoms with E-state index >= 15 is 0 Å². The van der Waals surface area contributed by atoms with Gasteiger partial charge in [0.25, 0.3) is 11.5 Å². The predicted molar refractivity (Wildman–Crippen MR) is 112 cm³/mol. The normalized spacial score (nSPS) is 16.9. The first-order valence-corrected chi connectivity index (χ1v) is 10.0. The van der Waals surface area contributed by atoms with E-state index in [4.69, 9.17) is 0 Å². The van der Waals surface area contributed by atoms with E-state index < -0.39 is 11.5 Å². The fourth-order valence-corrected chi connectivity index (χ4v) is 3.55. The zero-order chi connectivity index (χ0) is 20.6. The summed E-state index contributed by atoms with van der Waals surface area (Å²) in [6.45, 7) is 1.81. The minimum atomic E-state index is -0.461. The number of benzene rings is 1. The molecule has 1 aromatic heterocycles. The van der Waals surface area contributed by atoms with Crippen molar-refractivity contribution in [2.45, 2.75) is 38.4 Å². The van der Waals surface area contributed by atoms with Crippen LogP contribution in [0.2, 0.25) is 0 Å². The topological polar surface area (TPSA) is 83.4 Å². The average molecular weight is 396 g/mol. The first kappa shape index (κ1) is 20.8. The van der Waals surface area contributed by atoms with Crippen LogP contribution in [0.25, 0.3) is 0 Å². The van der Waals surface area contributed by atoms with Gasteiger partial charge < -0.3 is 20.1 Å². The van der Waals surface area contributed by atoms with E-state index in [1.54, 1.807) is 6.07 Å². The van der Waals surface area contributed by atoms with Crippen LogP contribution in [0.5, 0.6) is 0 Å². The van der Waals surface area contributed by atoms with Crippen molar-refractivity contribution < 1.29 is 9.59 Å². The monoisotopic (exact) mass is 396 g/mol. The number of likely N-dealkylation sites (tertiary alicyclic amines) is 1. The summed E-state index contributed by atoms with van der Waals surface area (Å²) in [4.78, 5) is 39.6. The summed E-state index contributed by atoms with van der Waals surface area (Å²) in [7, 11) is 2.06.